The largest absolute Gasteiger partial charge is 0.143 e. The lowest BCUT2D eigenvalue weighted by Gasteiger charge is -2.16. The normalized spacial score (nSPS) is 12.2. The van der Waals surface area contributed by atoms with Gasteiger partial charge >= 0.3 is 0 Å². The summed E-state index contributed by atoms with van der Waals surface area (Å²) < 4.78 is 8.80. The molecule has 54 heavy (non-hydrogen) atoms. The Morgan fingerprint density at radius 3 is 0.889 bits per heavy atom. The highest BCUT2D eigenvalue weighted by molar-refractivity contribution is 9.11. The molecule has 0 amide bonds. The minimum Gasteiger partial charge on any atom is -0.143 e. The van der Waals surface area contributed by atoms with Gasteiger partial charge in [0.15, 0.2) is 0 Å². The zero-order valence-electron chi connectivity index (χ0n) is 33.7. The summed E-state index contributed by atoms with van der Waals surface area (Å²) >= 11 is 16.3. The molecule has 0 bridgehead atoms. The number of thiophene rings is 4. The number of hydrogen-bond donors (Lipinski definition) is 0. The van der Waals surface area contributed by atoms with Crippen LogP contribution < -0.4 is 0 Å². The van der Waals surface area contributed by atoms with E-state index in [0.29, 0.717) is 0 Å². The van der Waals surface area contributed by atoms with Crippen molar-refractivity contribution in [3.05, 3.63) is 52.7 Å². The monoisotopic (exact) mass is 926 g/mol. The lowest BCUT2D eigenvalue weighted by molar-refractivity contribution is 0.623. The van der Waals surface area contributed by atoms with Gasteiger partial charge in [-0.3, -0.25) is 0 Å². The van der Waals surface area contributed by atoms with Crippen molar-refractivity contribution in [3.8, 4) is 11.1 Å². The molecule has 0 aliphatic rings. The molecule has 0 radical (unpaired) electrons. The first-order valence-electron chi connectivity index (χ1n) is 21.8. The van der Waals surface area contributed by atoms with Crippen LogP contribution in [0.5, 0.6) is 0 Å². The second kappa shape index (κ2) is 21.8. The van der Waals surface area contributed by atoms with E-state index in [1.165, 1.54) is 196 Å². The number of hydrogen-bond acceptors (Lipinski definition) is 4. The molecule has 0 nitrogen and oxygen atoms in total. The number of unbranched alkanes of at least 4 members (excludes halogenated alkanes) is 16. The molecular weight excluding hydrogens is 865 g/mol. The lowest BCUT2D eigenvalue weighted by atomic mass is 9.89. The SMILES string of the molecule is CCCCCCCc1c(CCCCCCC)c2scc(-c3csc4c(CCCCCCC)c(CCCCCCC)c5scc(Br)c5c34)c2c2c(Br)csc12. The summed E-state index contributed by atoms with van der Waals surface area (Å²) in [5, 5.41) is 15.9. The minimum absolute atomic E-state index is 1.21. The molecule has 2 aromatic carbocycles. The minimum atomic E-state index is 1.21. The summed E-state index contributed by atoms with van der Waals surface area (Å²) in [6.07, 6.45) is 31.6. The van der Waals surface area contributed by atoms with E-state index in [1.54, 1.807) is 41.1 Å². The molecule has 6 aromatic rings. The van der Waals surface area contributed by atoms with E-state index in [2.05, 4.69) is 81.1 Å². The van der Waals surface area contributed by atoms with Crippen LogP contribution in [0.25, 0.3) is 51.5 Å². The molecule has 6 rings (SSSR count). The van der Waals surface area contributed by atoms with E-state index < -0.39 is 0 Å². The van der Waals surface area contributed by atoms with Crippen LogP contribution >= 0.6 is 77.2 Å². The predicted molar refractivity (Wildman–Crippen MR) is 259 cm³/mol. The topological polar surface area (TPSA) is 0 Å². The average molecular weight is 929 g/mol. The number of halogens is 2. The van der Waals surface area contributed by atoms with Crippen LogP contribution in [0.15, 0.2) is 30.5 Å². The highest BCUT2D eigenvalue weighted by atomic mass is 79.9. The van der Waals surface area contributed by atoms with Crippen LogP contribution in [0, 0.1) is 0 Å². The quantitative estimate of drug-likeness (QED) is 0.0502. The van der Waals surface area contributed by atoms with E-state index in [-0.39, 0.29) is 0 Å². The van der Waals surface area contributed by atoms with E-state index in [9.17, 15) is 0 Å². The van der Waals surface area contributed by atoms with Crippen LogP contribution in [0.2, 0.25) is 0 Å². The fraction of sp³-hybridized carbons (Fsp3) is 0.583. The highest BCUT2D eigenvalue weighted by Gasteiger charge is 2.26. The fourth-order valence-electron chi connectivity index (χ4n) is 8.86. The molecule has 0 aliphatic heterocycles. The van der Waals surface area contributed by atoms with Crippen LogP contribution in [0.1, 0.15) is 178 Å². The van der Waals surface area contributed by atoms with Gasteiger partial charge in [-0.1, -0.05) is 130 Å². The maximum absolute atomic E-state index is 4.13. The van der Waals surface area contributed by atoms with Crippen LogP contribution in [0.4, 0.5) is 0 Å². The zero-order chi connectivity index (χ0) is 37.9. The molecule has 0 saturated heterocycles. The first-order valence-corrected chi connectivity index (χ1v) is 26.9. The first-order chi connectivity index (χ1) is 26.5. The molecule has 4 aromatic heterocycles. The Morgan fingerprint density at radius 2 is 0.593 bits per heavy atom. The molecule has 0 saturated carbocycles. The molecule has 6 heteroatoms. The third kappa shape index (κ3) is 9.74. The van der Waals surface area contributed by atoms with E-state index >= 15 is 0 Å². The highest BCUT2D eigenvalue weighted by Crippen LogP contribution is 2.53. The van der Waals surface area contributed by atoms with Crippen molar-refractivity contribution in [2.75, 3.05) is 0 Å². The molecule has 0 spiro atoms. The third-order valence-corrected chi connectivity index (χ3v) is 17.8. The average Bonchev–Trinajstić information content (AvgIpc) is 3.97. The Labute approximate surface area is 360 Å². The smallest absolute Gasteiger partial charge is 0.0396 e. The van der Waals surface area contributed by atoms with Crippen molar-refractivity contribution >= 4 is 118 Å². The van der Waals surface area contributed by atoms with Crippen LogP contribution in [0.3, 0.4) is 0 Å². The van der Waals surface area contributed by atoms with Crippen LogP contribution in [-0.4, -0.2) is 0 Å². The number of fused-ring (bicyclic) bond motifs is 6. The van der Waals surface area contributed by atoms with E-state index in [1.807, 2.05) is 45.3 Å². The Morgan fingerprint density at radius 1 is 0.333 bits per heavy atom. The standard InChI is InChI=1S/C48H64Br2S4/c1-5-9-13-17-21-25-33-35(27-23-19-15-11-7-3)47-43(39(49)31-53-47)41-37(29-51-45(33)41)38-30-52-46-34(26-22-18-14-10-6-2)36(28-24-20-16-12-8-4)48-44(42(38)46)40(50)32-54-48/h29-32H,5-28H2,1-4H3. The third-order valence-electron chi connectivity index (χ3n) is 11.8. The van der Waals surface area contributed by atoms with Crippen molar-refractivity contribution in [3.63, 3.8) is 0 Å². The van der Waals surface area contributed by atoms with Gasteiger partial charge in [-0.05, 0) is 116 Å². The van der Waals surface area contributed by atoms with E-state index in [4.69, 9.17) is 0 Å². The van der Waals surface area contributed by atoms with Gasteiger partial charge in [0.2, 0.25) is 0 Å². The molecule has 0 fully saturated rings. The van der Waals surface area contributed by atoms with Gasteiger partial charge in [-0.2, -0.15) is 0 Å². The van der Waals surface area contributed by atoms with Crippen molar-refractivity contribution in [2.45, 2.75) is 182 Å². The second-order valence-electron chi connectivity index (χ2n) is 15.9. The Bertz CT molecular complexity index is 1920. The van der Waals surface area contributed by atoms with Gasteiger partial charge < -0.3 is 0 Å². The molecule has 0 aliphatic carbocycles. The first kappa shape index (κ1) is 42.8. The van der Waals surface area contributed by atoms with Crippen molar-refractivity contribution < 1.29 is 0 Å². The number of rotatable bonds is 25. The molecule has 4 heterocycles. The number of benzene rings is 2. The molecule has 0 atom stereocenters. The fourth-order valence-corrected chi connectivity index (χ4v) is 14.9. The predicted octanol–water partition coefficient (Wildman–Crippen LogP) is 19.8. The van der Waals surface area contributed by atoms with Crippen molar-refractivity contribution in [1.29, 1.82) is 0 Å². The van der Waals surface area contributed by atoms with Crippen molar-refractivity contribution in [2.24, 2.45) is 0 Å². The molecule has 0 unspecified atom stereocenters. The molecule has 0 N–H and O–H groups in total. The van der Waals surface area contributed by atoms with Gasteiger partial charge in [-0.25, -0.2) is 0 Å². The summed E-state index contributed by atoms with van der Waals surface area (Å²) in [5.41, 5.74) is 9.62. The summed E-state index contributed by atoms with van der Waals surface area (Å²) in [4.78, 5) is 0. The molecular formula is C48H64Br2S4. The van der Waals surface area contributed by atoms with Gasteiger partial charge in [0.05, 0.1) is 0 Å². The van der Waals surface area contributed by atoms with Gasteiger partial charge in [0, 0.05) is 71.2 Å². The van der Waals surface area contributed by atoms with Crippen molar-refractivity contribution in [1.82, 2.24) is 0 Å². The summed E-state index contributed by atoms with van der Waals surface area (Å²) in [5.74, 6) is 0. The summed E-state index contributed by atoms with van der Waals surface area (Å²) in [7, 11) is 0. The maximum Gasteiger partial charge on any atom is 0.0396 e. The van der Waals surface area contributed by atoms with Crippen LogP contribution in [-0.2, 0) is 25.7 Å². The second-order valence-corrected chi connectivity index (χ2v) is 21.1. The Balaban J connectivity index is 1.50. The van der Waals surface area contributed by atoms with E-state index in [0.717, 1.165) is 0 Å². The molecule has 294 valence electrons. The zero-order valence-corrected chi connectivity index (χ0v) is 40.1. The Hall–Kier alpha value is -0.760. The lowest BCUT2D eigenvalue weighted by Crippen LogP contribution is -1.98. The maximum atomic E-state index is 4.13. The number of aryl methyl sites for hydroxylation is 4. The van der Waals surface area contributed by atoms with Gasteiger partial charge in [0.25, 0.3) is 0 Å². The van der Waals surface area contributed by atoms with Gasteiger partial charge in [0.1, 0.15) is 0 Å². The Kier molecular flexibility index (Phi) is 17.3. The summed E-state index contributed by atoms with van der Waals surface area (Å²) in [6, 6.07) is 0. The summed E-state index contributed by atoms with van der Waals surface area (Å²) in [6.45, 7) is 9.32. The van der Waals surface area contributed by atoms with Gasteiger partial charge in [-0.15, -0.1) is 45.3 Å².